The summed E-state index contributed by atoms with van der Waals surface area (Å²) < 4.78 is 15.7. The van der Waals surface area contributed by atoms with Crippen molar-refractivity contribution >= 4 is 39.5 Å². The summed E-state index contributed by atoms with van der Waals surface area (Å²) in [5.41, 5.74) is 2.21. The van der Waals surface area contributed by atoms with Gasteiger partial charge in [-0.15, -0.1) is 21.5 Å². The molecular weight excluding hydrogens is 356 g/mol. The summed E-state index contributed by atoms with van der Waals surface area (Å²) in [7, 11) is 0. The maximum absolute atomic E-state index is 13.9. The van der Waals surface area contributed by atoms with Crippen LogP contribution in [-0.2, 0) is 0 Å². The van der Waals surface area contributed by atoms with Gasteiger partial charge in [0.1, 0.15) is 5.82 Å². The van der Waals surface area contributed by atoms with Crippen LogP contribution >= 0.6 is 34.5 Å². The number of fused-ring (bicyclic) bond motifs is 1. The van der Waals surface area contributed by atoms with Crippen LogP contribution in [0.2, 0.25) is 10.0 Å². The first-order valence-electron chi connectivity index (χ1n) is 6.68. The lowest BCUT2D eigenvalue weighted by Crippen LogP contribution is -1.92. The molecule has 0 radical (unpaired) electrons. The fourth-order valence-corrected chi connectivity index (χ4v) is 3.71. The summed E-state index contributed by atoms with van der Waals surface area (Å²) in [5.74, 6) is 0.169. The van der Waals surface area contributed by atoms with Crippen LogP contribution in [0.15, 0.2) is 47.8 Å². The Balaban J connectivity index is 1.99. The third-order valence-electron chi connectivity index (χ3n) is 3.47. The van der Waals surface area contributed by atoms with Crippen molar-refractivity contribution in [3.63, 3.8) is 0 Å². The summed E-state index contributed by atoms with van der Waals surface area (Å²) in [5, 5.41) is 10.7. The smallest absolute Gasteiger partial charge is 0.216 e. The summed E-state index contributed by atoms with van der Waals surface area (Å²) in [4.78, 5) is 0.713. The van der Waals surface area contributed by atoms with Crippen LogP contribution in [0.4, 0.5) is 4.39 Å². The number of rotatable bonds is 2. The highest BCUT2D eigenvalue weighted by atomic mass is 35.5. The third kappa shape index (κ3) is 2.41. The molecule has 0 aliphatic heterocycles. The lowest BCUT2D eigenvalue weighted by atomic mass is 10.1. The maximum atomic E-state index is 13.9. The maximum Gasteiger partial charge on any atom is 0.216 e. The summed E-state index contributed by atoms with van der Waals surface area (Å²) in [6.07, 6.45) is 0. The van der Waals surface area contributed by atoms with Crippen molar-refractivity contribution < 1.29 is 4.39 Å². The van der Waals surface area contributed by atoms with Crippen molar-refractivity contribution in [2.75, 3.05) is 0 Å². The second-order valence-corrected chi connectivity index (χ2v) is 6.53. The Morgan fingerprint density at radius 2 is 1.78 bits per heavy atom. The summed E-state index contributed by atoms with van der Waals surface area (Å²) in [6.45, 7) is 0. The van der Waals surface area contributed by atoms with Gasteiger partial charge in [0.2, 0.25) is 4.96 Å². The van der Waals surface area contributed by atoms with Gasteiger partial charge in [-0.25, -0.2) is 4.39 Å². The van der Waals surface area contributed by atoms with Crippen LogP contribution in [0.1, 0.15) is 0 Å². The topological polar surface area (TPSA) is 30.2 Å². The zero-order chi connectivity index (χ0) is 16.0. The fourth-order valence-electron chi connectivity index (χ4n) is 2.40. The predicted octanol–water partition coefficient (Wildman–Crippen LogP) is 5.57. The van der Waals surface area contributed by atoms with Crippen LogP contribution in [0.3, 0.4) is 0 Å². The van der Waals surface area contributed by atoms with E-state index in [4.69, 9.17) is 23.2 Å². The Kier molecular flexibility index (Phi) is 3.56. The zero-order valence-electron chi connectivity index (χ0n) is 11.5. The molecule has 3 nitrogen and oxygen atoms in total. The minimum atomic E-state index is -0.514. The number of thiazole rings is 1. The molecule has 2 heterocycles. The Labute approximate surface area is 144 Å². The minimum absolute atomic E-state index is 0.00253. The molecule has 2 aromatic carbocycles. The van der Waals surface area contributed by atoms with E-state index >= 15 is 0 Å². The predicted molar refractivity (Wildman–Crippen MR) is 91.7 cm³/mol. The van der Waals surface area contributed by atoms with Gasteiger partial charge >= 0.3 is 0 Å². The van der Waals surface area contributed by atoms with E-state index in [1.165, 1.54) is 23.5 Å². The highest BCUT2D eigenvalue weighted by Crippen LogP contribution is 2.36. The van der Waals surface area contributed by atoms with E-state index in [2.05, 4.69) is 10.2 Å². The highest BCUT2D eigenvalue weighted by Gasteiger charge is 2.18. The number of hydrogen-bond donors (Lipinski definition) is 0. The highest BCUT2D eigenvalue weighted by molar-refractivity contribution is 7.15. The second-order valence-electron chi connectivity index (χ2n) is 4.87. The van der Waals surface area contributed by atoms with Crippen LogP contribution < -0.4 is 0 Å². The monoisotopic (exact) mass is 363 g/mol. The van der Waals surface area contributed by atoms with Crippen molar-refractivity contribution in [3.8, 4) is 22.6 Å². The van der Waals surface area contributed by atoms with E-state index < -0.39 is 5.82 Å². The van der Waals surface area contributed by atoms with E-state index in [1.807, 2.05) is 40.1 Å². The molecule has 0 aliphatic carbocycles. The first-order valence-corrected chi connectivity index (χ1v) is 8.31. The van der Waals surface area contributed by atoms with Gasteiger partial charge in [-0.1, -0.05) is 53.5 Å². The number of halogens is 3. The number of hydrogen-bond acceptors (Lipinski definition) is 3. The molecule has 114 valence electrons. The zero-order valence-corrected chi connectivity index (χ0v) is 13.8. The fraction of sp³-hybridized carbons (Fsp3) is 0. The van der Waals surface area contributed by atoms with Gasteiger partial charge in [0.15, 0.2) is 5.82 Å². The SMILES string of the molecule is Fc1cc(-c2csc3nnc(-c4ccccc4)n23)c(Cl)cc1Cl. The molecule has 7 heteroatoms. The molecule has 4 aromatic rings. The first kappa shape index (κ1) is 14.6. The number of aromatic nitrogens is 3. The van der Waals surface area contributed by atoms with E-state index in [0.717, 1.165) is 11.3 Å². The van der Waals surface area contributed by atoms with Crippen molar-refractivity contribution in [3.05, 3.63) is 63.7 Å². The molecular formula is C16H8Cl2FN3S. The summed E-state index contributed by atoms with van der Waals surface area (Å²) >= 11 is 13.5. The molecule has 0 bridgehead atoms. The van der Waals surface area contributed by atoms with Crippen LogP contribution in [0.25, 0.3) is 27.6 Å². The van der Waals surface area contributed by atoms with Crippen LogP contribution in [0, 0.1) is 5.82 Å². The lowest BCUT2D eigenvalue weighted by Gasteiger charge is -2.06. The molecule has 4 rings (SSSR count). The Bertz CT molecular complexity index is 1010. The van der Waals surface area contributed by atoms with Crippen LogP contribution in [0.5, 0.6) is 0 Å². The molecule has 0 saturated heterocycles. The quantitative estimate of drug-likeness (QED) is 0.435. The summed E-state index contributed by atoms with van der Waals surface area (Å²) in [6, 6.07) is 12.4. The molecule has 0 unspecified atom stereocenters. The van der Waals surface area contributed by atoms with Gasteiger partial charge in [0.05, 0.1) is 15.7 Å². The Hall–Kier alpha value is -1.95. The minimum Gasteiger partial charge on any atom is -0.265 e. The van der Waals surface area contributed by atoms with Crippen molar-refractivity contribution in [2.45, 2.75) is 0 Å². The Morgan fingerprint density at radius 1 is 1.00 bits per heavy atom. The molecule has 0 amide bonds. The average Bonchev–Trinajstić information content (AvgIpc) is 3.14. The molecule has 0 fully saturated rings. The van der Waals surface area contributed by atoms with E-state index in [9.17, 15) is 4.39 Å². The number of benzene rings is 2. The third-order valence-corrected chi connectivity index (χ3v) is 4.89. The lowest BCUT2D eigenvalue weighted by molar-refractivity contribution is 0.628. The van der Waals surface area contributed by atoms with E-state index in [0.29, 0.717) is 21.4 Å². The molecule has 23 heavy (non-hydrogen) atoms. The first-order chi connectivity index (χ1) is 11.1. The van der Waals surface area contributed by atoms with Crippen LogP contribution in [-0.4, -0.2) is 14.6 Å². The van der Waals surface area contributed by atoms with Gasteiger partial charge < -0.3 is 0 Å². The van der Waals surface area contributed by atoms with E-state index in [1.54, 1.807) is 0 Å². The van der Waals surface area contributed by atoms with Crippen molar-refractivity contribution in [1.82, 2.24) is 14.6 Å². The molecule has 0 N–H and O–H groups in total. The number of nitrogens with zero attached hydrogens (tertiary/aromatic N) is 3. The van der Waals surface area contributed by atoms with Gasteiger partial charge in [0, 0.05) is 16.5 Å². The van der Waals surface area contributed by atoms with Crippen molar-refractivity contribution in [1.29, 1.82) is 0 Å². The molecule has 0 saturated carbocycles. The molecule has 0 aliphatic rings. The van der Waals surface area contributed by atoms with Crippen molar-refractivity contribution in [2.24, 2.45) is 0 Å². The van der Waals surface area contributed by atoms with Gasteiger partial charge in [-0.05, 0) is 12.1 Å². The molecule has 0 atom stereocenters. The molecule has 2 aromatic heterocycles. The average molecular weight is 364 g/mol. The standard InChI is InChI=1S/C16H8Cl2FN3S/c17-11-7-12(18)13(19)6-10(11)14-8-23-16-21-20-15(22(14)16)9-4-2-1-3-5-9/h1-8H. The second kappa shape index (κ2) is 5.60. The largest absolute Gasteiger partial charge is 0.265 e. The normalized spacial score (nSPS) is 11.3. The van der Waals surface area contributed by atoms with Gasteiger partial charge in [-0.3, -0.25) is 4.40 Å². The molecule has 0 spiro atoms. The van der Waals surface area contributed by atoms with Gasteiger partial charge in [0.25, 0.3) is 0 Å². The van der Waals surface area contributed by atoms with E-state index in [-0.39, 0.29) is 5.02 Å². The van der Waals surface area contributed by atoms with Gasteiger partial charge in [-0.2, -0.15) is 0 Å². The Morgan fingerprint density at radius 3 is 2.57 bits per heavy atom.